The largest absolute Gasteiger partial charge is 0.497 e. The molecule has 1 aromatic heterocycles. The highest BCUT2D eigenvalue weighted by Gasteiger charge is 2.22. The van der Waals surface area contributed by atoms with Crippen LogP contribution in [0.15, 0.2) is 54.7 Å². The molecule has 26 heavy (non-hydrogen) atoms. The van der Waals surface area contributed by atoms with Gasteiger partial charge in [0.2, 0.25) is 0 Å². The van der Waals surface area contributed by atoms with Crippen LogP contribution in [-0.2, 0) is 0 Å². The molecule has 134 valence electrons. The first kappa shape index (κ1) is 17.5. The van der Waals surface area contributed by atoms with Gasteiger partial charge in [0.1, 0.15) is 17.2 Å². The van der Waals surface area contributed by atoms with Crippen molar-refractivity contribution in [1.29, 1.82) is 0 Å². The zero-order valence-electron chi connectivity index (χ0n) is 15.3. The van der Waals surface area contributed by atoms with Crippen LogP contribution in [0.5, 0.6) is 11.5 Å². The normalized spacial score (nSPS) is 10.5. The van der Waals surface area contributed by atoms with E-state index in [1.54, 1.807) is 45.3 Å². The summed E-state index contributed by atoms with van der Waals surface area (Å²) in [5.74, 6) is 1.14. The zero-order valence-corrected chi connectivity index (χ0v) is 15.3. The van der Waals surface area contributed by atoms with Crippen molar-refractivity contribution in [3.63, 3.8) is 0 Å². The minimum Gasteiger partial charge on any atom is -0.497 e. The van der Waals surface area contributed by atoms with Crippen molar-refractivity contribution in [1.82, 2.24) is 14.7 Å². The van der Waals surface area contributed by atoms with Gasteiger partial charge in [-0.15, -0.1) is 0 Å². The Bertz CT molecular complexity index is 917. The molecular formula is C20H21N3O3. The topological polar surface area (TPSA) is 56.6 Å². The lowest BCUT2D eigenvalue weighted by atomic mass is 10.1. The summed E-state index contributed by atoms with van der Waals surface area (Å²) in [5.41, 5.74) is 2.67. The molecule has 0 radical (unpaired) electrons. The smallest absolute Gasteiger partial charge is 0.257 e. The van der Waals surface area contributed by atoms with Gasteiger partial charge in [-0.2, -0.15) is 5.10 Å². The average molecular weight is 351 g/mol. The fourth-order valence-corrected chi connectivity index (χ4v) is 2.68. The molecule has 0 aliphatic carbocycles. The molecule has 0 bridgehead atoms. The van der Waals surface area contributed by atoms with Crippen LogP contribution in [-0.4, -0.2) is 48.9 Å². The second-order valence-electron chi connectivity index (χ2n) is 5.94. The van der Waals surface area contributed by atoms with Crippen molar-refractivity contribution in [2.24, 2.45) is 0 Å². The molecule has 3 rings (SSSR count). The van der Waals surface area contributed by atoms with E-state index >= 15 is 0 Å². The molecule has 0 saturated heterocycles. The summed E-state index contributed by atoms with van der Waals surface area (Å²) in [7, 11) is 6.62. The average Bonchev–Trinajstić information content (AvgIpc) is 3.12. The fourth-order valence-electron chi connectivity index (χ4n) is 2.68. The zero-order chi connectivity index (χ0) is 18.7. The van der Waals surface area contributed by atoms with Gasteiger partial charge in [0.15, 0.2) is 0 Å². The summed E-state index contributed by atoms with van der Waals surface area (Å²) >= 11 is 0. The second kappa shape index (κ2) is 7.31. The Morgan fingerprint density at radius 1 is 1.04 bits per heavy atom. The molecule has 6 nitrogen and oxygen atoms in total. The van der Waals surface area contributed by atoms with Gasteiger partial charge < -0.3 is 14.4 Å². The van der Waals surface area contributed by atoms with Crippen LogP contribution in [0.25, 0.3) is 16.9 Å². The molecule has 0 saturated carbocycles. The number of nitrogens with zero attached hydrogens (tertiary/aromatic N) is 3. The first-order valence-corrected chi connectivity index (χ1v) is 8.14. The maximum Gasteiger partial charge on any atom is 0.257 e. The maximum absolute atomic E-state index is 12.7. The van der Waals surface area contributed by atoms with Crippen molar-refractivity contribution in [2.45, 2.75) is 0 Å². The maximum atomic E-state index is 12.7. The molecule has 0 spiro atoms. The predicted octanol–water partition coefficient (Wildman–Crippen LogP) is 3.26. The number of carbonyl (C=O) groups excluding carboxylic acids is 1. The Labute approximate surface area is 152 Å². The van der Waals surface area contributed by atoms with Crippen molar-refractivity contribution in [3.05, 3.63) is 60.3 Å². The van der Waals surface area contributed by atoms with Crippen LogP contribution in [0.2, 0.25) is 0 Å². The molecule has 6 heteroatoms. The van der Waals surface area contributed by atoms with E-state index in [2.05, 4.69) is 5.10 Å². The summed E-state index contributed by atoms with van der Waals surface area (Å²) in [6, 6.07) is 15.1. The van der Waals surface area contributed by atoms with E-state index in [9.17, 15) is 4.79 Å². The van der Waals surface area contributed by atoms with Gasteiger partial charge in [0, 0.05) is 31.9 Å². The molecule has 0 aliphatic heterocycles. The molecule has 1 heterocycles. The van der Waals surface area contributed by atoms with E-state index in [0.717, 1.165) is 11.3 Å². The monoisotopic (exact) mass is 351 g/mol. The van der Waals surface area contributed by atoms with Gasteiger partial charge in [0.05, 0.1) is 25.5 Å². The predicted molar refractivity (Wildman–Crippen MR) is 100 cm³/mol. The van der Waals surface area contributed by atoms with E-state index in [-0.39, 0.29) is 5.91 Å². The van der Waals surface area contributed by atoms with E-state index in [4.69, 9.17) is 9.47 Å². The standard InChI is InChI=1S/C20H21N3O3/c1-22(2)20(24)17-13-23(14-8-6-5-7-9-14)21-19(17)16-11-10-15(25-3)12-18(16)26-4/h5-13H,1-4H3. The van der Waals surface area contributed by atoms with Gasteiger partial charge in [-0.25, -0.2) is 4.68 Å². The Kier molecular flexibility index (Phi) is 4.93. The number of hydrogen-bond donors (Lipinski definition) is 0. The lowest BCUT2D eigenvalue weighted by Crippen LogP contribution is -2.21. The number of aromatic nitrogens is 2. The SMILES string of the molecule is COc1ccc(-c2nn(-c3ccccc3)cc2C(=O)N(C)C)c(OC)c1. The molecule has 0 N–H and O–H groups in total. The summed E-state index contributed by atoms with van der Waals surface area (Å²) in [5, 5.41) is 4.67. The Morgan fingerprint density at radius 3 is 2.38 bits per heavy atom. The molecule has 0 aliphatic rings. The van der Waals surface area contributed by atoms with Crippen LogP contribution in [0.4, 0.5) is 0 Å². The van der Waals surface area contributed by atoms with Crippen LogP contribution >= 0.6 is 0 Å². The number of methoxy groups -OCH3 is 2. The van der Waals surface area contributed by atoms with E-state index in [1.807, 2.05) is 42.5 Å². The second-order valence-corrected chi connectivity index (χ2v) is 5.94. The number of amides is 1. The fraction of sp³-hybridized carbons (Fsp3) is 0.200. The Balaban J connectivity index is 2.20. The Hall–Kier alpha value is -3.28. The Morgan fingerprint density at radius 2 is 1.77 bits per heavy atom. The van der Waals surface area contributed by atoms with Crippen LogP contribution in [0.3, 0.4) is 0 Å². The summed E-state index contributed by atoms with van der Waals surface area (Å²) in [6.07, 6.45) is 1.75. The number of rotatable bonds is 5. The molecule has 0 atom stereocenters. The lowest BCUT2D eigenvalue weighted by molar-refractivity contribution is 0.0828. The van der Waals surface area contributed by atoms with E-state index in [1.165, 1.54) is 4.90 Å². The van der Waals surface area contributed by atoms with Gasteiger partial charge >= 0.3 is 0 Å². The number of para-hydroxylation sites is 1. The minimum atomic E-state index is -0.125. The first-order chi connectivity index (χ1) is 12.5. The molecular weight excluding hydrogens is 330 g/mol. The van der Waals surface area contributed by atoms with Crippen molar-refractivity contribution < 1.29 is 14.3 Å². The van der Waals surface area contributed by atoms with Gasteiger partial charge in [-0.05, 0) is 24.3 Å². The number of carbonyl (C=O) groups is 1. The van der Waals surface area contributed by atoms with E-state index in [0.29, 0.717) is 22.8 Å². The van der Waals surface area contributed by atoms with Crippen LogP contribution in [0, 0.1) is 0 Å². The molecule has 3 aromatic rings. The number of ether oxygens (including phenoxy) is 2. The lowest BCUT2D eigenvalue weighted by Gasteiger charge is -2.12. The van der Waals surface area contributed by atoms with Crippen LogP contribution < -0.4 is 9.47 Å². The molecule has 2 aromatic carbocycles. The van der Waals surface area contributed by atoms with Gasteiger partial charge in [-0.3, -0.25) is 4.79 Å². The molecule has 0 unspecified atom stereocenters. The summed E-state index contributed by atoms with van der Waals surface area (Å²) in [4.78, 5) is 14.2. The minimum absolute atomic E-state index is 0.125. The van der Waals surface area contributed by atoms with Gasteiger partial charge in [0.25, 0.3) is 5.91 Å². The molecule has 1 amide bonds. The highest BCUT2D eigenvalue weighted by Crippen LogP contribution is 2.35. The quantitative estimate of drug-likeness (QED) is 0.708. The highest BCUT2D eigenvalue weighted by atomic mass is 16.5. The summed E-state index contributed by atoms with van der Waals surface area (Å²) < 4.78 is 12.5. The highest BCUT2D eigenvalue weighted by molar-refractivity contribution is 6.00. The van der Waals surface area contributed by atoms with Crippen LogP contribution in [0.1, 0.15) is 10.4 Å². The van der Waals surface area contributed by atoms with Crippen molar-refractivity contribution >= 4 is 5.91 Å². The number of hydrogen-bond acceptors (Lipinski definition) is 4. The third-order valence-electron chi connectivity index (χ3n) is 4.04. The van der Waals surface area contributed by atoms with Gasteiger partial charge in [-0.1, -0.05) is 18.2 Å². The van der Waals surface area contributed by atoms with Crippen molar-refractivity contribution in [2.75, 3.05) is 28.3 Å². The third-order valence-corrected chi connectivity index (χ3v) is 4.04. The van der Waals surface area contributed by atoms with Crippen molar-refractivity contribution in [3.8, 4) is 28.4 Å². The number of benzene rings is 2. The summed E-state index contributed by atoms with van der Waals surface area (Å²) in [6.45, 7) is 0. The third kappa shape index (κ3) is 3.26. The first-order valence-electron chi connectivity index (χ1n) is 8.14. The van der Waals surface area contributed by atoms with E-state index < -0.39 is 0 Å². The molecule has 0 fully saturated rings.